The van der Waals surface area contributed by atoms with Gasteiger partial charge in [-0.25, -0.2) is 4.79 Å². The summed E-state index contributed by atoms with van der Waals surface area (Å²) in [6, 6.07) is 15.3. The van der Waals surface area contributed by atoms with E-state index in [2.05, 4.69) is 17.4 Å². The van der Waals surface area contributed by atoms with E-state index in [1.54, 1.807) is 0 Å². The van der Waals surface area contributed by atoms with Crippen LogP contribution in [0.25, 0.3) is 11.1 Å². The summed E-state index contributed by atoms with van der Waals surface area (Å²) in [5.74, 6) is -0.0621. The number of nitrogens with zero attached hydrogens (tertiary/aromatic N) is 1. The molecular weight excluding hydrogens is 372 g/mol. The Kier molecular flexibility index (Phi) is 6.17. The Morgan fingerprint density at radius 2 is 1.66 bits per heavy atom. The van der Waals surface area contributed by atoms with Gasteiger partial charge >= 0.3 is 6.09 Å². The molecule has 0 saturated carbocycles. The molecule has 0 spiro atoms. The first kappa shape index (κ1) is 20.8. The lowest BCUT2D eigenvalue weighted by atomic mass is 9.98. The number of alkyl carbamates (subject to hydrolysis) is 1. The highest BCUT2D eigenvalue weighted by atomic mass is 16.6. The van der Waals surface area contributed by atoms with E-state index in [-0.39, 0.29) is 19.1 Å². The maximum absolute atomic E-state index is 12.3. The third kappa shape index (κ3) is 5.32. The Morgan fingerprint density at radius 1 is 1.10 bits per heavy atom. The number of benzene rings is 2. The minimum atomic E-state index is -0.764. The number of hydrogen-bond donors (Lipinski definition) is 1. The number of amides is 1. The van der Waals surface area contributed by atoms with Crippen molar-refractivity contribution in [2.24, 2.45) is 0 Å². The molecule has 0 aliphatic heterocycles. The number of hydrogen-bond acceptors (Lipinski definition) is 5. The van der Waals surface area contributed by atoms with Crippen molar-refractivity contribution in [3.8, 4) is 11.1 Å². The minimum absolute atomic E-state index is 0.0364. The van der Waals surface area contributed by atoms with Crippen LogP contribution in [-0.4, -0.2) is 42.4 Å². The molecule has 1 N–H and O–H groups in total. The molecule has 7 nitrogen and oxygen atoms in total. The molecule has 1 atom stereocenters. The van der Waals surface area contributed by atoms with Gasteiger partial charge in [-0.3, -0.25) is 10.1 Å². The summed E-state index contributed by atoms with van der Waals surface area (Å²) in [5, 5.41) is 13.5. The standard InChI is InChI=1S/C22H26N2O5/c1-22(2,3)29-13-15(12-24(26)27)23-21(25)28-14-20-18-10-6-4-8-16(18)17-9-5-7-11-19(17)20/h4-11,15,20H,12-14H2,1-3H3,(H,23,25)/t15-/m0/s1. The molecule has 1 aliphatic rings. The van der Waals surface area contributed by atoms with Crippen LogP contribution in [0.5, 0.6) is 0 Å². The van der Waals surface area contributed by atoms with Crippen molar-refractivity contribution < 1.29 is 19.2 Å². The van der Waals surface area contributed by atoms with Crippen LogP contribution in [0.3, 0.4) is 0 Å². The average molecular weight is 398 g/mol. The topological polar surface area (TPSA) is 90.7 Å². The maximum atomic E-state index is 12.3. The van der Waals surface area contributed by atoms with Crippen molar-refractivity contribution in [1.29, 1.82) is 0 Å². The molecule has 3 rings (SSSR count). The van der Waals surface area contributed by atoms with Gasteiger partial charge in [0.2, 0.25) is 6.54 Å². The SMILES string of the molecule is CC(C)(C)OC[C@H](C[N+](=O)[O-])NC(=O)OCC1c2ccccc2-c2ccccc21. The fourth-order valence-electron chi connectivity index (χ4n) is 3.48. The molecule has 1 aliphatic carbocycles. The van der Waals surface area contributed by atoms with Crippen molar-refractivity contribution in [3.05, 3.63) is 69.8 Å². The van der Waals surface area contributed by atoms with Gasteiger partial charge in [0.25, 0.3) is 0 Å². The predicted molar refractivity (Wildman–Crippen MR) is 110 cm³/mol. The van der Waals surface area contributed by atoms with Crippen LogP contribution in [0, 0.1) is 10.1 Å². The Balaban J connectivity index is 1.64. The van der Waals surface area contributed by atoms with Gasteiger partial charge in [-0.2, -0.15) is 0 Å². The van der Waals surface area contributed by atoms with E-state index in [9.17, 15) is 14.9 Å². The van der Waals surface area contributed by atoms with Gasteiger partial charge in [0.05, 0.1) is 12.2 Å². The number of fused-ring (bicyclic) bond motifs is 3. The Hall–Kier alpha value is -2.93. The van der Waals surface area contributed by atoms with Crippen LogP contribution in [0.2, 0.25) is 0 Å². The lowest BCUT2D eigenvalue weighted by Crippen LogP contribution is -2.45. The number of nitro groups is 1. The molecule has 2 aromatic rings. The zero-order valence-corrected chi connectivity index (χ0v) is 16.9. The summed E-state index contributed by atoms with van der Waals surface area (Å²) in [4.78, 5) is 22.8. The number of nitrogens with one attached hydrogen (secondary N) is 1. The van der Waals surface area contributed by atoms with Gasteiger partial charge in [-0.15, -0.1) is 0 Å². The molecule has 0 heterocycles. The van der Waals surface area contributed by atoms with Crippen molar-refractivity contribution in [2.75, 3.05) is 19.8 Å². The van der Waals surface area contributed by atoms with Crippen molar-refractivity contribution in [2.45, 2.75) is 38.3 Å². The Bertz CT molecular complexity index is 845. The Morgan fingerprint density at radius 3 is 2.17 bits per heavy atom. The number of carbonyl (C=O) groups is 1. The summed E-state index contributed by atoms with van der Waals surface area (Å²) in [5.41, 5.74) is 4.04. The summed E-state index contributed by atoms with van der Waals surface area (Å²) in [6.07, 6.45) is -0.684. The maximum Gasteiger partial charge on any atom is 0.407 e. The fraction of sp³-hybridized carbons (Fsp3) is 0.409. The normalized spacial score (nSPS) is 14.0. The molecule has 0 bridgehead atoms. The molecule has 2 aromatic carbocycles. The van der Waals surface area contributed by atoms with Crippen LogP contribution in [0.1, 0.15) is 37.8 Å². The van der Waals surface area contributed by atoms with Crippen molar-refractivity contribution in [1.82, 2.24) is 5.32 Å². The van der Waals surface area contributed by atoms with Crippen LogP contribution < -0.4 is 5.32 Å². The van der Waals surface area contributed by atoms with E-state index in [1.807, 2.05) is 57.2 Å². The molecule has 7 heteroatoms. The summed E-state index contributed by atoms with van der Waals surface area (Å²) in [6.45, 7) is 5.32. The lowest BCUT2D eigenvalue weighted by molar-refractivity contribution is -0.484. The molecule has 0 radical (unpaired) electrons. The first-order valence-corrected chi connectivity index (χ1v) is 9.62. The molecule has 1 amide bonds. The molecular formula is C22H26N2O5. The van der Waals surface area contributed by atoms with Gasteiger partial charge in [0, 0.05) is 10.8 Å². The first-order valence-electron chi connectivity index (χ1n) is 9.62. The van der Waals surface area contributed by atoms with Gasteiger partial charge < -0.3 is 14.8 Å². The predicted octanol–water partition coefficient (Wildman–Crippen LogP) is 3.99. The number of rotatable bonds is 7. The number of carbonyl (C=O) groups excluding carboxylic acids is 1. The van der Waals surface area contributed by atoms with Gasteiger partial charge in [0.15, 0.2) is 0 Å². The lowest BCUT2D eigenvalue weighted by Gasteiger charge is -2.23. The summed E-state index contributed by atoms with van der Waals surface area (Å²) >= 11 is 0. The average Bonchev–Trinajstić information content (AvgIpc) is 2.97. The first-order chi connectivity index (χ1) is 13.7. The highest BCUT2D eigenvalue weighted by Gasteiger charge is 2.29. The van der Waals surface area contributed by atoms with E-state index in [0.29, 0.717) is 0 Å². The third-order valence-electron chi connectivity index (χ3n) is 4.75. The van der Waals surface area contributed by atoms with Crippen molar-refractivity contribution in [3.63, 3.8) is 0 Å². The second-order valence-electron chi connectivity index (χ2n) is 8.11. The second kappa shape index (κ2) is 8.61. The quantitative estimate of drug-likeness (QED) is 0.563. The summed E-state index contributed by atoms with van der Waals surface area (Å²) in [7, 11) is 0. The van der Waals surface area contributed by atoms with Gasteiger partial charge in [-0.05, 0) is 43.0 Å². The molecule has 0 unspecified atom stereocenters. The Labute approximate surface area is 170 Å². The number of ether oxygens (including phenoxy) is 2. The van der Waals surface area contributed by atoms with Gasteiger partial charge in [0.1, 0.15) is 12.6 Å². The molecule has 29 heavy (non-hydrogen) atoms. The van der Waals surface area contributed by atoms with E-state index in [4.69, 9.17) is 9.47 Å². The summed E-state index contributed by atoms with van der Waals surface area (Å²) < 4.78 is 11.0. The molecule has 0 aromatic heterocycles. The third-order valence-corrected chi connectivity index (χ3v) is 4.75. The van der Waals surface area contributed by atoms with E-state index in [1.165, 1.54) is 0 Å². The second-order valence-corrected chi connectivity index (χ2v) is 8.11. The smallest absolute Gasteiger partial charge is 0.407 e. The zero-order chi connectivity index (χ0) is 21.0. The minimum Gasteiger partial charge on any atom is -0.449 e. The largest absolute Gasteiger partial charge is 0.449 e. The van der Waals surface area contributed by atoms with Gasteiger partial charge in [-0.1, -0.05) is 48.5 Å². The molecule has 0 saturated heterocycles. The van der Waals surface area contributed by atoms with E-state index < -0.39 is 29.2 Å². The van der Waals surface area contributed by atoms with E-state index in [0.717, 1.165) is 22.3 Å². The van der Waals surface area contributed by atoms with Crippen LogP contribution in [0.4, 0.5) is 4.79 Å². The fourth-order valence-corrected chi connectivity index (χ4v) is 3.48. The van der Waals surface area contributed by atoms with Crippen LogP contribution >= 0.6 is 0 Å². The van der Waals surface area contributed by atoms with Crippen LogP contribution in [-0.2, 0) is 9.47 Å². The highest BCUT2D eigenvalue weighted by molar-refractivity contribution is 5.79. The van der Waals surface area contributed by atoms with Crippen molar-refractivity contribution >= 4 is 6.09 Å². The monoisotopic (exact) mass is 398 g/mol. The molecule has 0 fully saturated rings. The molecule has 154 valence electrons. The zero-order valence-electron chi connectivity index (χ0n) is 16.9. The van der Waals surface area contributed by atoms with E-state index >= 15 is 0 Å². The van der Waals surface area contributed by atoms with Crippen LogP contribution in [0.15, 0.2) is 48.5 Å². The highest BCUT2D eigenvalue weighted by Crippen LogP contribution is 2.44.